The van der Waals surface area contributed by atoms with E-state index in [1.165, 1.54) is 37.7 Å². The number of hydrogen-bond acceptors (Lipinski definition) is 2. The minimum Gasteiger partial charge on any atom is -0.760 e. The van der Waals surface area contributed by atoms with Crippen molar-refractivity contribution in [3.05, 3.63) is 35.4 Å². The van der Waals surface area contributed by atoms with Crippen molar-refractivity contribution in [1.82, 2.24) is 0 Å². The molecule has 1 rings (SSSR count). The molecule has 0 aliphatic carbocycles. The number of aryl methyl sites for hydroxylation is 1. The molecule has 0 fully saturated rings. The minimum atomic E-state index is -2.36. The molecule has 110 valence electrons. The molecule has 3 nitrogen and oxygen atoms in total. The molecule has 0 spiro atoms. The number of unbranched alkanes of at least 4 members (excludes halogenated alkanes) is 2. The van der Waals surface area contributed by atoms with Gasteiger partial charge in [0.05, 0.1) is 0 Å². The summed E-state index contributed by atoms with van der Waals surface area (Å²) < 4.78 is 17.6. The zero-order valence-corrected chi connectivity index (χ0v) is 13.0. The zero-order chi connectivity index (χ0) is 14.7. The number of rotatable bonds is 6. The van der Waals surface area contributed by atoms with Crippen LogP contribution in [0.1, 0.15) is 63.0 Å². The summed E-state index contributed by atoms with van der Waals surface area (Å²) in [6.45, 7) is 6.82. The summed E-state index contributed by atoms with van der Waals surface area (Å²) in [5, 5.41) is 4.03. The Labute approximate surface area is 120 Å². The third-order valence-corrected chi connectivity index (χ3v) is 3.28. The Kier molecular flexibility index (Phi) is 10.7. The predicted octanol–water partition coefficient (Wildman–Crippen LogP) is 3.81. The van der Waals surface area contributed by atoms with Crippen molar-refractivity contribution >= 4 is 11.3 Å². The molecule has 0 saturated heterocycles. The van der Waals surface area contributed by atoms with E-state index in [0.717, 1.165) is 5.92 Å². The SMILES string of the molecule is CCCCCC(CC)c1ccccc1C.NS(=O)[O-]. The fraction of sp³-hybridized carbons (Fsp3) is 0.600. The monoisotopic (exact) mass is 284 g/mol. The van der Waals surface area contributed by atoms with E-state index in [1.54, 1.807) is 5.56 Å². The van der Waals surface area contributed by atoms with Gasteiger partial charge in [0, 0.05) is 11.3 Å². The van der Waals surface area contributed by atoms with Crippen LogP contribution in [0, 0.1) is 6.92 Å². The van der Waals surface area contributed by atoms with Crippen LogP contribution in [0.2, 0.25) is 0 Å². The van der Waals surface area contributed by atoms with Crippen molar-refractivity contribution in [2.24, 2.45) is 5.14 Å². The summed E-state index contributed by atoms with van der Waals surface area (Å²) in [6.07, 6.45) is 6.71. The first-order chi connectivity index (χ1) is 9.02. The van der Waals surface area contributed by atoms with Gasteiger partial charge < -0.3 is 4.55 Å². The molecule has 0 radical (unpaired) electrons. The van der Waals surface area contributed by atoms with Gasteiger partial charge in [-0.15, -0.1) is 0 Å². The highest BCUT2D eigenvalue weighted by Gasteiger charge is 2.10. The van der Waals surface area contributed by atoms with Crippen molar-refractivity contribution in [1.29, 1.82) is 0 Å². The minimum absolute atomic E-state index is 0.776. The third-order valence-electron chi connectivity index (χ3n) is 3.28. The Morgan fingerprint density at radius 3 is 2.32 bits per heavy atom. The van der Waals surface area contributed by atoms with Gasteiger partial charge in [-0.25, -0.2) is 0 Å². The molecule has 0 aromatic heterocycles. The van der Waals surface area contributed by atoms with Crippen molar-refractivity contribution in [3.63, 3.8) is 0 Å². The van der Waals surface area contributed by atoms with Crippen molar-refractivity contribution in [3.8, 4) is 0 Å². The van der Waals surface area contributed by atoms with Gasteiger partial charge >= 0.3 is 0 Å². The smallest absolute Gasteiger partial charge is 0.0152 e. The lowest BCUT2D eigenvalue weighted by Crippen LogP contribution is -1.99. The molecular formula is C15H26NO2S-. The standard InChI is InChI=1S/C15H24.H3NO2S/c1-4-6-7-11-14(5-2)15-12-9-8-10-13(15)3;1-4(2)3/h8-10,12,14H,4-7,11H2,1-3H3;1H2,(H,2,3)/p-1. The second kappa shape index (κ2) is 11.1. The second-order valence-corrected chi connectivity index (χ2v) is 5.24. The van der Waals surface area contributed by atoms with Crippen LogP contribution < -0.4 is 5.14 Å². The van der Waals surface area contributed by atoms with E-state index in [0.29, 0.717) is 0 Å². The van der Waals surface area contributed by atoms with Crippen LogP contribution in [0.3, 0.4) is 0 Å². The summed E-state index contributed by atoms with van der Waals surface area (Å²) >= 11 is -2.36. The number of hydrogen-bond donors (Lipinski definition) is 1. The van der Waals surface area contributed by atoms with E-state index in [4.69, 9.17) is 8.76 Å². The maximum absolute atomic E-state index is 8.78. The molecule has 0 amide bonds. The molecule has 2 atom stereocenters. The van der Waals surface area contributed by atoms with Crippen LogP contribution in [0.25, 0.3) is 0 Å². The van der Waals surface area contributed by atoms with Crippen LogP contribution >= 0.6 is 0 Å². The largest absolute Gasteiger partial charge is 0.760 e. The molecule has 0 bridgehead atoms. The Bertz CT molecular complexity index is 365. The summed E-state index contributed by atoms with van der Waals surface area (Å²) in [5.41, 5.74) is 3.02. The van der Waals surface area contributed by atoms with E-state index >= 15 is 0 Å². The van der Waals surface area contributed by atoms with Crippen molar-refractivity contribution in [2.75, 3.05) is 0 Å². The Morgan fingerprint density at radius 1 is 1.26 bits per heavy atom. The van der Waals surface area contributed by atoms with Gasteiger partial charge in [-0.2, -0.15) is 0 Å². The van der Waals surface area contributed by atoms with E-state index in [9.17, 15) is 0 Å². The fourth-order valence-electron chi connectivity index (χ4n) is 2.27. The molecule has 2 unspecified atom stereocenters. The Morgan fingerprint density at radius 2 is 1.84 bits per heavy atom. The van der Waals surface area contributed by atoms with Crippen LogP contribution in [0.5, 0.6) is 0 Å². The zero-order valence-electron chi connectivity index (χ0n) is 12.2. The van der Waals surface area contributed by atoms with Crippen molar-refractivity contribution < 1.29 is 8.76 Å². The van der Waals surface area contributed by atoms with Gasteiger partial charge in [0.2, 0.25) is 0 Å². The molecule has 0 heterocycles. The van der Waals surface area contributed by atoms with Crippen LogP contribution in [-0.2, 0) is 11.3 Å². The Balaban J connectivity index is 0.000000711. The summed E-state index contributed by atoms with van der Waals surface area (Å²) in [6, 6.07) is 8.84. The average molecular weight is 284 g/mol. The first kappa shape index (κ1) is 18.3. The highest BCUT2D eigenvalue weighted by Crippen LogP contribution is 2.27. The van der Waals surface area contributed by atoms with Crippen LogP contribution in [0.4, 0.5) is 0 Å². The lowest BCUT2D eigenvalue weighted by atomic mass is 9.88. The highest BCUT2D eigenvalue weighted by atomic mass is 32.2. The van der Waals surface area contributed by atoms with Crippen molar-refractivity contribution in [2.45, 2.75) is 58.8 Å². The third kappa shape index (κ3) is 8.92. The van der Waals surface area contributed by atoms with Gasteiger partial charge in [0.15, 0.2) is 0 Å². The summed E-state index contributed by atoms with van der Waals surface area (Å²) in [7, 11) is 0. The molecule has 0 saturated carbocycles. The van der Waals surface area contributed by atoms with E-state index < -0.39 is 11.3 Å². The fourth-order valence-corrected chi connectivity index (χ4v) is 2.27. The Hall–Kier alpha value is -0.710. The topological polar surface area (TPSA) is 66.2 Å². The molecule has 1 aromatic rings. The summed E-state index contributed by atoms with van der Waals surface area (Å²) in [4.78, 5) is 0. The molecule has 0 aliphatic heterocycles. The quantitative estimate of drug-likeness (QED) is 0.637. The molecule has 1 aromatic carbocycles. The van der Waals surface area contributed by atoms with Gasteiger partial charge in [-0.1, -0.05) is 57.4 Å². The molecule has 2 N–H and O–H groups in total. The molecule has 19 heavy (non-hydrogen) atoms. The van der Waals surface area contributed by atoms with Gasteiger partial charge in [-0.05, 0) is 36.8 Å². The van der Waals surface area contributed by atoms with E-state index in [2.05, 4.69) is 50.2 Å². The number of nitrogens with two attached hydrogens (primary N) is 1. The highest BCUT2D eigenvalue weighted by molar-refractivity contribution is 7.76. The number of benzene rings is 1. The van der Waals surface area contributed by atoms with Gasteiger partial charge in [0.25, 0.3) is 0 Å². The van der Waals surface area contributed by atoms with E-state index in [-0.39, 0.29) is 0 Å². The first-order valence-corrected chi connectivity index (χ1v) is 8.05. The molecule has 0 aliphatic rings. The summed E-state index contributed by atoms with van der Waals surface area (Å²) in [5.74, 6) is 0.776. The molecule has 4 heteroatoms. The van der Waals surface area contributed by atoms with Crippen LogP contribution in [-0.4, -0.2) is 8.76 Å². The normalized spacial score (nSPS) is 13.3. The molecular weight excluding hydrogens is 258 g/mol. The first-order valence-electron chi connectivity index (χ1n) is 6.92. The average Bonchev–Trinajstić information content (AvgIpc) is 2.35. The van der Waals surface area contributed by atoms with E-state index in [1.807, 2.05) is 0 Å². The maximum atomic E-state index is 8.78. The second-order valence-electron chi connectivity index (χ2n) is 4.72. The lowest BCUT2D eigenvalue weighted by Gasteiger charge is -2.17. The van der Waals surface area contributed by atoms with Gasteiger partial charge in [-0.3, -0.25) is 9.35 Å². The maximum Gasteiger partial charge on any atom is 0.0152 e. The predicted molar refractivity (Wildman–Crippen MR) is 81.5 cm³/mol. The van der Waals surface area contributed by atoms with Gasteiger partial charge in [0.1, 0.15) is 0 Å². The lowest BCUT2D eigenvalue weighted by molar-refractivity contribution is 0.539. The van der Waals surface area contributed by atoms with Crippen LogP contribution in [0.15, 0.2) is 24.3 Å².